The van der Waals surface area contributed by atoms with Crippen molar-refractivity contribution in [3.63, 3.8) is 0 Å². The zero-order valence-corrected chi connectivity index (χ0v) is 28.3. The van der Waals surface area contributed by atoms with Crippen LogP contribution in [0.4, 0.5) is 4.79 Å². The van der Waals surface area contributed by atoms with E-state index in [-0.39, 0.29) is 5.70 Å². The Morgan fingerprint density at radius 2 is 1.46 bits per heavy atom. The smallest absolute Gasteiger partial charge is 0.408 e. The van der Waals surface area contributed by atoms with E-state index in [4.69, 9.17) is 14.2 Å². The van der Waals surface area contributed by atoms with Gasteiger partial charge in [-0.3, -0.25) is 14.5 Å². The Bertz CT molecular complexity index is 1590. The highest BCUT2D eigenvalue weighted by Crippen LogP contribution is 2.42. The summed E-state index contributed by atoms with van der Waals surface area (Å²) >= 11 is 1.38. The highest BCUT2D eigenvalue weighted by molar-refractivity contribution is 8.00. The fourth-order valence-electron chi connectivity index (χ4n) is 5.39. The van der Waals surface area contributed by atoms with Crippen molar-refractivity contribution in [1.82, 2.24) is 15.5 Å². The lowest BCUT2D eigenvalue weighted by Gasteiger charge is -2.49. The molecule has 0 aromatic heterocycles. The van der Waals surface area contributed by atoms with Crippen LogP contribution in [0.25, 0.3) is 0 Å². The van der Waals surface area contributed by atoms with Crippen molar-refractivity contribution in [2.45, 2.75) is 69.7 Å². The van der Waals surface area contributed by atoms with E-state index in [1.165, 1.54) is 16.7 Å². The van der Waals surface area contributed by atoms with Crippen molar-refractivity contribution in [3.05, 3.63) is 119 Å². The average Bonchev–Trinajstić information content (AvgIpc) is 3.08. The summed E-state index contributed by atoms with van der Waals surface area (Å²) in [6.07, 6.45) is 0.168. The van der Waals surface area contributed by atoms with Gasteiger partial charge in [-0.25, -0.2) is 9.59 Å². The molecule has 0 aliphatic carbocycles. The zero-order valence-electron chi connectivity index (χ0n) is 27.5. The van der Waals surface area contributed by atoms with Gasteiger partial charge in [0.15, 0.2) is 11.8 Å². The molecule has 10 nitrogen and oxygen atoms in total. The van der Waals surface area contributed by atoms with E-state index in [2.05, 4.69) is 10.6 Å². The van der Waals surface area contributed by atoms with Crippen molar-refractivity contribution < 1.29 is 33.4 Å². The maximum atomic E-state index is 14.1. The number of alkyl carbamates (subject to hydrolysis) is 1. The summed E-state index contributed by atoms with van der Waals surface area (Å²) in [5, 5.41) is 4.86. The molecule has 2 aliphatic heterocycles. The molecule has 0 bridgehead atoms. The molecule has 0 radical (unpaired) electrons. The van der Waals surface area contributed by atoms with E-state index in [1.807, 2.05) is 67.6 Å². The van der Waals surface area contributed by atoms with Gasteiger partial charge in [-0.2, -0.15) is 0 Å². The van der Waals surface area contributed by atoms with Gasteiger partial charge in [-0.1, -0.05) is 104 Å². The Hall–Kier alpha value is -4.77. The fourth-order valence-corrected chi connectivity index (χ4v) is 6.66. The lowest BCUT2D eigenvalue weighted by molar-refractivity contribution is -0.155. The Labute approximate surface area is 285 Å². The largest absolute Gasteiger partial charge is 0.495 e. The van der Waals surface area contributed by atoms with E-state index < -0.39 is 53.0 Å². The van der Waals surface area contributed by atoms with E-state index in [9.17, 15) is 19.2 Å². The first-order chi connectivity index (χ1) is 23.1. The van der Waals surface area contributed by atoms with Gasteiger partial charge >= 0.3 is 12.1 Å². The van der Waals surface area contributed by atoms with Crippen LogP contribution in [0.2, 0.25) is 0 Å². The Kier molecular flexibility index (Phi) is 11.1. The van der Waals surface area contributed by atoms with Crippen LogP contribution < -0.4 is 10.6 Å². The standard InChI is InChI=1S/C37H41N3O7S/c1-5-6-22-45-27-23-48-34-29(38-32(41)28(24-16-10-7-11-17-24)39-36(44)47-37(2,3)4)33(42)40(34)30(27)35(43)46-31(25-18-12-8-13-19-25)26-20-14-9-15-21-26/h7-21,28-29,31,34H,5-6,22-23H2,1-4H3,(H,38,41)(H,39,44)/t28?,29-,34+/m1/s1. The predicted octanol–water partition coefficient (Wildman–Crippen LogP) is 6.01. The van der Waals surface area contributed by atoms with Crippen LogP contribution in [-0.2, 0) is 28.6 Å². The highest BCUT2D eigenvalue weighted by Gasteiger charge is 2.55. The number of nitrogens with zero attached hydrogens (tertiary/aromatic N) is 1. The molecule has 3 amide bonds. The van der Waals surface area contributed by atoms with Crippen LogP contribution in [0.3, 0.4) is 0 Å². The van der Waals surface area contributed by atoms with Gasteiger partial charge in [0.2, 0.25) is 5.91 Å². The number of carbonyl (C=O) groups is 4. The second-order valence-corrected chi connectivity index (χ2v) is 13.6. The SMILES string of the molecule is CCCCOC1=C(C(=O)OC(c2ccccc2)c2ccccc2)N2C(=O)[C@@H](NC(=O)C(NC(=O)OC(C)(C)C)c3ccccc3)[C@@H]2SC1. The third-order valence-electron chi connectivity index (χ3n) is 7.68. The number of esters is 1. The number of hydrogen-bond donors (Lipinski definition) is 2. The zero-order chi connectivity index (χ0) is 34.3. The molecule has 3 aromatic carbocycles. The Morgan fingerprint density at radius 1 is 0.896 bits per heavy atom. The molecule has 2 aliphatic rings. The minimum atomic E-state index is -1.12. The van der Waals surface area contributed by atoms with Gasteiger partial charge < -0.3 is 24.8 Å². The molecule has 1 unspecified atom stereocenters. The van der Waals surface area contributed by atoms with E-state index in [0.717, 1.165) is 24.0 Å². The average molecular weight is 672 g/mol. The first-order valence-electron chi connectivity index (χ1n) is 16.0. The second-order valence-electron chi connectivity index (χ2n) is 12.5. The lowest BCUT2D eigenvalue weighted by atomic mass is 10.0. The highest BCUT2D eigenvalue weighted by atomic mass is 32.2. The molecule has 2 heterocycles. The quantitative estimate of drug-likeness (QED) is 0.136. The molecule has 11 heteroatoms. The van der Waals surface area contributed by atoms with Crippen LogP contribution in [0.15, 0.2) is 102 Å². The molecule has 0 saturated carbocycles. The second kappa shape index (κ2) is 15.4. The van der Waals surface area contributed by atoms with Crippen molar-refractivity contribution >= 4 is 35.6 Å². The van der Waals surface area contributed by atoms with Gasteiger partial charge in [0.05, 0.1) is 12.4 Å². The monoisotopic (exact) mass is 671 g/mol. The number of ether oxygens (including phenoxy) is 3. The number of nitrogens with one attached hydrogen (secondary N) is 2. The number of rotatable bonds is 12. The summed E-state index contributed by atoms with van der Waals surface area (Å²) in [7, 11) is 0. The van der Waals surface area contributed by atoms with Gasteiger partial charge in [-0.05, 0) is 43.9 Å². The minimum absolute atomic E-state index is 0.0358. The number of β-lactam (4-membered cyclic amide) rings is 1. The number of carbonyl (C=O) groups excluding carboxylic acids is 4. The molecular weight excluding hydrogens is 630 g/mol. The molecule has 1 fully saturated rings. The van der Waals surface area contributed by atoms with Crippen molar-refractivity contribution in [2.75, 3.05) is 12.4 Å². The summed E-state index contributed by atoms with van der Waals surface area (Å²) < 4.78 is 17.6. The van der Waals surface area contributed by atoms with E-state index in [1.54, 1.807) is 51.1 Å². The Morgan fingerprint density at radius 3 is 2.00 bits per heavy atom. The summed E-state index contributed by atoms with van der Waals surface area (Å²) in [6, 6.07) is 25.4. The van der Waals surface area contributed by atoms with Gasteiger partial charge in [0.1, 0.15) is 28.8 Å². The topological polar surface area (TPSA) is 123 Å². The van der Waals surface area contributed by atoms with Crippen molar-refractivity contribution in [1.29, 1.82) is 0 Å². The summed E-state index contributed by atoms with van der Waals surface area (Å²) in [4.78, 5) is 55.6. The van der Waals surface area contributed by atoms with E-state index in [0.29, 0.717) is 23.7 Å². The molecule has 5 rings (SSSR count). The third-order valence-corrected chi connectivity index (χ3v) is 8.94. The van der Waals surface area contributed by atoms with Crippen LogP contribution in [0.1, 0.15) is 69.4 Å². The van der Waals surface area contributed by atoms with Crippen molar-refractivity contribution in [2.24, 2.45) is 0 Å². The van der Waals surface area contributed by atoms with Crippen LogP contribution in [0, 0.1) is 0 Å². The number of hydrogen-bond acceptors (Lipinski definition) is 8. The molecule has 1 saturated heterocycles. The number of amides is 3. The molecule has 0 spiro atoms. The van der Waals surface area contributed by atoms with Gasteiger partial charge in [0, 0.05) is 0 Å². The predicted molar refractivity (Wildman–Crippen MR) is 182 cm³/mol. The summed E-state index contributed by atoms with van der Waals surface area (Å²) in [5.41, 5.74) is 1.33. The number of benzene rings is 3. The van der Waals surface area contributed by atoms with E-state index >= 15 is 0 Å². The van der Waals surface area contributed by atoms with Gasteiger partial charge in [-0.15, -0.1) is 11.8 Å². The van der Waals surface area contributed by atoms with Crippen LogP contribution in [-0.4, -0.2) is 58.2 Å². The maximum Gasteiger partial charge on any atom is 0.408 e. The van der Waals surface area contributed by atoms with Crippen LogP contribution >= 0.6 is 11.8 Å². The fraction of sp³-hybridized carbons (Fsp3) is 0.351. The number of thioether (sulfide) groups is 1. The number of fused-ring (bicyclic) bond motifs is 1. The lowest BCUT2D eigenvalue weighted by Crippen LogP contribution is -2.71. The third kappa shape index (κ3) is 8.20. The molecular formula is C37H41N3O7S. The van der Waals surface area contributed by atoms with Crippen LogP contribution in [0.5, 0.6) is 0 Å². The molecule has 252 valence electrons. The molecule has 48 heavy (non-hydrogen) atoms. The maximum absolute atomic E-state index is 14.1. The first kappa shape index (κ1) is 34.6. The summed E-state index contributed by atoms with van der Waals surface area (Å²) in [5.74, 6) is -1.10. The summed E-state index contributed by atoms with van der Waals surface area (Å²) in [6.45, 7) is 7.60. The normalized spacial score (nSPS) is 17.9. The van der Waals surface area contributed by atoms with Crippen molar-refractivity contribution in [3.8, 4) is 0 Å². The number of unbranched alkanes of at least 4 members (excludes halogenated alkanes) is 1. The molecule has 2 N–H and O–H groups in total. The minimum Gasteiger partial charge on any atom is -0.495 e. The Balaban J connectivity index is 1.38. The molecule has 3 atom stereocenters. The molecule has 3 aromatic rings. The first-order valence-corrected chi connectivity index (χ1v) is 17.1. The van der Waals surface area contributed by atoms with Gasteiger partial charge in [0.25, 0.3) is 5.91 Å².